The molecule has 34 heavy (non-hydrogen) atoms. The molecule has 1 saturated carbocycles. The maximum Gasteiger partial charge on any atom is 0.309 e. The molecule has 1 aromatic carbocycles. The number of nitrogens with zero attached hydrogens (tertiary/aromatic N) is 2. The minimum atomic E-state index is -0.910. The van der Waals surface area contributed by atoms with E-state index in [0.29, 0.717) is 41.7 Å². The van der Waals surface area contributed by atoms with Gasteiger partial charge in [-0.2, -0.15) is 0 Å². The molecule has 1 amide bonds. The van der Waals surface area contributed by atoms with Gasteiger partial charge in [0.25, 0.3) is 5.91 Å². The van der Waals surface area contributed by atoms with Gasteiger partial charge in [0.15, 0.2) is 11.4 Å². The van der Waals surface area contributed by atoms with Crippen LogP contribution < -0.4 is 10.1 Å². The van der Waals surface area contributed by atoms with Crippen LogP contribution in [0.5, 0.6) is 5.75 Å². The Morgan fingerprint density at radius 3 is 2.74 bits per heavy atom. The highest BCUT2D eigenvalue weighted by atomic mass is 16.5. The largest absolute Gasteiger partial charge is 0.489 e. The van der Waals surface area contributed by atoms with Crippen LogP contribution >= 0.6 is 0 Å². The topological polar surface area (TPSA) is 92.9 Å². The Bertz CT molecular complexity index is 1240. The second-order valence-electron chi connectivity index (χ2n) is 9.73. The van der Waals surface area contributed by atoms with Gasteiger partial charge in [0, 0.05) is 6.20 Å². The van der Waals surface area contributed by atoms with E-state index in [4.69, 9.17) is 4.74 Å². The number of hydrogen-bond donors (Lipinski definition) is 2. The number of carbonyl (C=O) groups excluding carboxylic acids is 1. The molecule has 7 nitrogen and oxygen atoms in total. The molecule has 7 heteroatoms. The van der Waals surface area contributed by atoms with Gasteiger partial charge in [-0.05, 0) is 62.3 Å². The molecule has 2 aliphatic rings. The zero-order valence-corrected chi connectivity index (χ0v) is 19.7. The van der Waals surface area contributed by atoms with Gasteiger partial charge in [-0.25, -0.2) is 4.98 Å². The lowest BCUT2D eigenvalue weighted by Crippen LogP contribution is -2.35. The summed E-state index contributed by atoms with van der Waals surface area (Å²) in [4.78, 5) is 30.1. The minimum absolute atomic E-state index is 0.334. The van der Waals surface area contributed by atoms with Crippen LogP contribution in [0.15, 0.2) is 36.5 Å². The van der Waals surface area contributed by atoms with Gasteiger partial charge in [0.1, 0.15) is 5.69 Å². The number of aryl methyl sites for hydroxylation is 2. The number of fused-ring (bicyclic) bond motifs is 2. The van der Waals surface area contributed by atoms with Crippen LogP contribution in [0.25, 0.3) is 5.65 Å². The van der Waals surface area contributed by atoms with Crippen LogP contribution in [0, 0.1) is 25.7 Å². The van der Waals surface area contributed by atoms with Crippen molar-refractivity contribution >= 4 is 17.5 Å². The molecule has 2 atom stereocenters. The number of aromatic nitrogens is 2. The SMILES string of the molecule is Cc1ccc2c(c1)C[C@@H](C(=O)O)[C@@H]2NC(=O)c1c(C)nc2c(OCC3CCCCC3)cccn12. The normalized spacial score (nSPS) is 20.3. The molecular weight excluding hydrogens is 430 g/mol. The molecule has 1 fully saturated rings. The van der Waals surface area contributed by atoms with Gasteiger partial charge in [-0.15, -0.1) is 0 Å². The first-order valence-corrected chi connectivity index (χ1v) is 12.2. The van der Waals surface area contributed by atoms with E-state index in [-0.39, 0.29) is 5.91 Å². The Labute approximate surface area is 199 Å². The number of carbonyl (C=O) groups is 2. The second kappa shape index (κ2) is 9.12. The van der Waals surface area contributed by atoms with E-state index in [1.165, 1.54) is 32.1 Å². The fraction of sp³-hybridized carbons (Fsp3) is 0.444. The standard InChI is InChI=1S/C27H31N3O4/c1-16-10-11-20-19(13-16)14-21(27(32)33)23(20)29-26(31)24-17(2)28-25-22(9-6-12-30(24)25)34-15-18-7-4-3-5-8-18/h6,9-13,18,21,23H,3-5,7-8,14-15H2,1-2H3,(H,29,31)(H,32,33)/t21-,23-/m1/s1. The number of carboxylic acid groups (broad SMARTS) is 1. The van der Waals surface area contributed by atoms with Crippen molar-refractivity contribution in [2.45, 2.75) is 58.4 Å². The van der Waals surface area contributed by atoms with Crippen LogP contribution in [0.2, 0.25) is 0 Å². The van der Waals surface area contributed by atoms with Crippen molar-refractivity contribution in [2.75, 3.05) is 6.61 Å². The average Bonchev–Trinajstić information content (AvgIpc) is 3.35. The van der Waals surface area contributed by atoms with Gasteiger partial charge in [0.2, 0.25) is 0 Å². The Hall–Kier alpha value is -3.35. The predicted octanol–water partition coefficient (Wildman–Crippen LogP) is 4.64. The third-order valence-corrected chi connectivity index (χ3v) is 7.28. The summed E-state index contributed by atoms with van der Waals surface area (Å²) in [6, 6.07) is 9.05. The van der Waals surface area contributed by atoms with E-state index < -0.39 is 17.9 Å². The molecule has 2 aromatic heterocycles. The summed E-state index contributed by atoms with van der Waals surface area (Å²) < 4.78 is 7.91. The van der Waals surface area contributed by atoms with Crippen molar-refractivity contribution in [1.82, 2.24) is 14.7 Å². The predicted molar refractivity (Wildman–Crippen MR) is 128 cm³/mol. The highest BCUT2D eigenvalue weighted by Gasteiger charge is 2.39. The molecule has 0 spiro atoms. The smallest absolute Gasteiger partial charge is 0.309 e. The molecule has 2 aliphatic carbocycles. The van der Waals surface area contributed by atoms with Gasteiger partial charge in [0.05, 0.1) is 24.3 Å². The Balaban J connectivity index is 1.41. The molecular formula is C27H31N3O4. The van der Waals surface area contributed by atoms with E-state index in [9.17, 15) is 14.7 Å². The van der Waals surface area contributed by atoms with Crippen LogP contribution in [-0.2, 0) is 11.2 Å². The Kier molecular flexibility index (Phi) is 6.02. The van der Waals surface area contributed by atoms with Crippen LogP contribution in [-0.4, -0.2) is 33.0 Å². The molecule has 2 heterocycles. The van der Waals surface area contributed by atoms with Gasteiger partial charge in [-0.1, -0.05) is 43.0 Å². The number of hydrogen-bond acceptors (Lipinski definition) is 4. The van der Waals surface area contributed by atoms with Gasteiger partial charge in [-0.3, -0.25) is 14.0 Å². The highest BCUT2D eigenvalue weighted by Crippen LogP contribution is 2.37. The Morgan fingerprint density at radius 2 is 1.97 bits per heavy atom. The molecule has 0 unspecified atom stereocenters. The summed E-state index contributed by atoms with van der Waals surface area (Å²) in [7, 11) is 0. The molecule has 0 bridgehead atoms. The number of benzene rings is 1. The maximum absolute atomic E-state index is 13.5. The fourth-order valence-corrected chi connectivity index (χ4v) is 5.51. The number of carboxylic acids is 1. The summed E-state index contributed by atoms with van der Waals surface area (Å²) in [6.07, 6.45) is 8.41. The molecule has 5 rings (SSSR count). The number of imidazole rings is 1. The molecule has 2 N–H and O–H groups in total. The molecule has 0 saturated heterocycles. The van der Waals surface area contributed by atoms with Crippen LogP contribution in [0.1, 0.15) is 71.0 Å². The van der Waals surface area contributed by atoms with Crippen LogP contribution in [0.3, 0.4) is 0 Å². The van der Waals surface area contributed by atoms with Crippen LogP contribution in [0.4, 0.5) is 0 Å². The van der Waals surface area contributed by atoms with Crippen molar-refractivity contribution in [3.8, 4) is 5.75 Å². The second-order valence-corrected chi connectivity index (χ2v) is 9.73. The summed E-state index contributed by atoms with van der Waals surface area (Å²) in [6.45, 7) is 4.44. The van der Waals surface area contributed by atoms with E-state index >= 15 is 0 Å². The summed E-state index contributed by atoms with van der Waals surface area (Å²) in [5, 5.41) is 12.8. The maximum atomic E-state index is 13.5. The number of pyridine rings is 1. The molecule has 0 radical (unpaired) electrons. The third kappa shape index (κ3) is 4.15. The number of aliphatic carboxylic acids is 1. The first kappa shape index (κ1) is 22.4. The van der Waals surface area contributed by atoms with E-state index in [1.807, 2.05) is 37.3 Å². The molecule has 0 aliphatic heterocycles. The van der Waals surface area contributed by atoms with Crippen molar-refractivity contribution in [3.63, 3.8) is 0 Å². The lowest BCUT2D eigenvalue weighted by Gasteiger charge is -2.21. The van der Waals surface area contributed by atoms with Crippen molar-refractivity contribution in [2.24, 2.45) is 11.8 Å². The van der Waals surface area contributed by atoms with Gasteiger partial charge < -0.3 is 15.2 Å². The zero-order chi connectivity index (χ0) is 23.8. The lowest BCUT2D eigenvalue weighted by molar-refractivity contribution is -0.142. The minimum Gasteiger partial charge on any atom is -0.489 e. The molecule has 3 aromatic rings. The zero-order valence-electron chi connectivity index (χ0n) is 19.7. The van der Waals surface area contributed by atoms with Crippen molar-refractivity contribution < 1.29 is 19.4 Å². The van der Waals surface area contributed by atoms with Crippen molar-refractivity contribution in [3.05, 3.63) is 64.6 Å². The van der Waals surface area contributed by atoms with E-state index in [1.54, 1.807) is 17.5 Å². The van der Waals surface area contributed by atoms with E-state index in [0.717, 1.165) is 16.7 Å². The Morgan fingerprint density at radius 1 is 1.18 bits per heavy atom. The number of rotatable bonds is 6. The quantitative estimate of drug-likeness (QED) is 0.558. The fourth-order valence-electron chi connectivity index (χ4n) is 5.51. The summed E-state index contributed by atoms with van der Waals surface area (Å²) >= 11 is 0. The van der Waals surface area contributed by atoms with E-state index in [2.05, 4.69) is 10.3 Å². The number of nitrogens with one attached hydrogen (secondary N) is 1. The number of ether oxygens (including phenoxy) is 1. The monoisotopic (exact) mass is 461 g/mol. The lowest BCUT2D eigenvalue weighted by atomic mass is 9.90. The first-order valence-electron chi connectivity index (χ1n) is 12.2. The first-order chi connectivity index (χ1) is 16.4. The third-order valence-electron chi connectivity index (χ3n) is 7.28. The summed E-state index contributed by atoms with van der Waals surface area (Å²) in [5.41, 5.74) is 4.52. The highest BCUT2D eigenvalue weighted by molar-refractivity contribution is 5.95. The average molecular weight is 462 g/mol. The summed E-state index contributed by atoms with van der Waals surface area (Å²) in [5.74, 6) is -0.715. The molecule has 178 valence electrons. The number of amides is 1. The van der Waals surface area contributed by atoms with Crippen molar-refractivity contribution in [1.29, 1.82) is 0 Å². The van der Waals surface area contributed by atoms with Gasteiger partial charge >= 0.3 is 5.97 Å².